The van der Waals surface area contributed by atoms with Crippen LogP contribution in [0.5, 0.6) is 0 Å². The Kier molecular flexibility index (Phi) is 3.19. The van der Waals surface area contributed by atoms with Gasteiger partial charge in [-0.15, -0.1) is 0 Å². The average Bonchev–Trinajstić information content (AvgIpc) is 3.24. The van der Waals surface area contributed by atoms with Gasteiger partial charge >= 0.3 is 0 Å². The number of amides is 1. The highest BCUT2D eigenvalue weighted by atomic mass is 16.5. The van der Waals surface area contributed by atoms with Crippen molar-refractivity contribution in [2.75, 3.05) is 31.2 Å². The fourth-order valence-electron chi connectivity index (χ4n) is 2.09. The van der Waals surface area contributed by atoms with Gasteiger partial charge in [0.15, 0.2) is 0 Å². The highest BCUT2D eigenvalue weighted by Crippen LogP contribution is 2.21. The van der Waals surface area contributed by atoms with Gasteiger partial charge in [0.05, 0.1) is 13.2 Å². The minimum absolute atomic E-state index is 0.0175. The first kappa shape index (κ1) is 11.5. The van der Waals surface area contributed by atoms with Crippen molar-refractivity contribution in [3.05, 3.63) is 29.8 Å². The summed E-state index contributed by atoms with van der Waals surface area (Å²) in [6.45, 7) is 3.25. The molecule has 1 saturated heterocycles. The van der Waals surface area contributed by atoms with Gasteiger partial charge in [0, 0.05) is 30.4 Å². The Morgan fingerprint density at radius 2 is 2.11 bits per heavy atom. The van der Waals surface area contributed by atoms with Gasteiger partial charge in [0.2, 0.25) is 0 Å². The van der Waals surface area contributed by atoms with Gasteiger partial charge in [-0.05, 0) is 37.1 Å². The lowest BCUT2D eigenvalue weighted by molar-refractivity contribution is 0.0951. The van der Waals surface area contributed by atoms with Gasteiger partial charge in [-0.25, -0.2) is 0 Å². The number of rotatable bonds is 3. The third-order valence-electron chi connectivity index (χ3n) is 3.32. The van der Waals surface area contributed by atoms with E-state index in [1.165, 1.54) is 0 Å². The number of anilines is 1. The van der Waals surface area contributed by atoms with Crippen molar-refractivity contribution < 1.29 is 9.53 Å². The van der Waals surface area contributed by atoms with E-state index in [9.17, 15) is 4.79 Å². The van der Waals surface area contributed by atoms with Gasteiger partial charge in [-0.2, -0.15) is 0 Å². The molecular weight excluding hydrogens is 228 g/mol. The second kappa shape index (κ2) is 4.98. The molecule has 2 aliphatic rings. The zero-order valence-electron chi connectivity index (χ0n) is 10.3. The Morgan fingerprint density at radius 1 is 1.33 bits per heavy atom. The van der Waals surface area contributed by atoms with Gasteiger partial charge in [-0.3, -0.25) is 4.79 Å². The van der Waals surface area contributed by atoms with E-state index in [0.29, 0.717) is 11.6 Å². The second-order valence-electron chi connectivity index (χ2n) is 4.83. The number of nitrogens with zero attached hydrogens (tertiary/aromatic N) is 1. The zero-order chi connectivity index (χ0) is 12.4. The van der Waals surface area contributed by atoms with Crippen LogP contribution < -0.4 is 10.2 Å². The molecular formula is C14H17N2O2. The molecule has 1 radical (unpaired) electrons. The number of hydrogen-bond acceptors (Lipinski definition) is 3. The second-order valence-corrected chi connectivity index (χ2v) is 4.83. The summed E-state index contributed by atoms with van der Waals surface area (Å²) in [7, 11) is 0. The van der Waals surface area contributed by atoms with E-state index >= 15 is 0 Å². The van der Waals surface area contributed by atoms with Crippen LogP contribution in [0, 0.1) is 6.07 Å². The van der Waals surface area contributed by atoms with Gasteiger partial charge < -0.3 is 15.0 Å². The fourth-order valence-corrected chi connectivity index (χ4v) is 2.09. The zero-order valence-corrected chi connectivity index (χ0v) is 10.3. The number of nitrogens with one attached hydrogen (secondary N) is 1. The average molecular weight is 245 g/mol. The summed E-state index contributed by atoms with van der Waals surface area (Å²) in [6, 6.07) is 9.08. The lowest BCUT2D eigenvalue weighted by Gasteiger charge is -2.29. The minimum Gasteiger partial charge on any atom is -0.378 e. The van der Waals surface area contributed by atoms with Crippen molar-refractivity contribution in [2.24, 2.45) is 0 Å². The molecule has 0 aromatic heterocycles. The molecule has 4 heteroatoms. The van der Waals surface area contributed by atoms with Crippen molar-refractivity contribution in [2.45, 2.75) is 18.9 Å². The number of morpholine rings is 1. The van der Waals surface area contributed by atoms with E-state index in [1.54, 1.807) is 6.07 Å². The largest absolute Gasteiger partial charge is 0.378 e. The van der Waals surface area contributed by atoms with Crippen LogP contribution in [0.15, 0.2) is 18.2 Å². The molecule has 1 aromatic rings. The van der Waals surface area contributed by atoms with Crippen LogP contribution >= 0.6 is 0 Å². The summed E-state index contributed by atoms with van der Waals surface area (Å²) >= 11 is 0. The van der Waals surface area contributed by atoms with Crippen LogP contribution in [0.4, 0.5) is 5.69 Å². The molecule has 1 N–H and O–H groups in total. The minimum atomic E-state index is 0.0175. The molecule has 1 aliphatic heterocycles. The number of carbonyl (C=O) groups excluding carboxylic acids is 1. The number of ether oxygens (including phenoxy) is 1. The SMILES string of the molecule is O=C(NC1CC1)c1c[c]cc(N2CCOCC2)c1. The maximum absolute atomic E-state index is 12.0. The first-order chi connectivity index (χ1) is 8.83. The third-order valence-corrected chi connectivity index (χ3v) is 3.32. The number of hydrogen-bond donors (Lipinski definition) is 1. The van der Waals surface area contributed by atoms with E-state index in [0.717, 1.165) is 44.8 Å². The molecule has 1 amide bonds. The van der Waals surface area contributed by atoms with Gasteiger partial charge in [0.25, 0.3) is 5.91 Å². The Morgan fingerprint density at radius 3 is 2.83 bits per heavy atom. The molecule has 1 aliphatic carbocycles. The van der Waals surface area contributed by atoms with Crippen LogP contribution in [0.25, 0.3) is 0 Å². The highest BCUT2D eigenvalue weighted by molar-refractivity contribution is 5.95. The maximum Gasteiger partial charge on any atom is 0.251 e. The molecule has 3 rings (SSSR count). The lowest BCUT2D eigenvalue weighted by Crippen LogP contribution is -2.36. The molecule has 1 saturated carbocycles. The Labute approximate surface area is 107 Å². The van der Waals surface area contributed by atoms with Crippen molar-refractivity contribution in [3.63, 3.8) is 0 Å². The molecule has 0 atom stereocenters. The van der Waals surface area contributed by atoms with E-state index in [2.05, 4.69) is 16.3 Å². The molecule has 0 bridgehead atoms. The van der Waals surface area contributed by atoms with E-state index in [1.807, 2.05) is 12.1 Å². The predicted octanol–water partition coefficient (Wildman–Crippen LogP) is 1.22. The summed E-state index contributed by atoms with van der Waals surface area (Å²) in [5, 5.41) is 3.00. The molecule has 18 heavy (non-hydrogen) atoms. The molecule has 95 valence electrons. The number of benzene rings is 1. The van der Waals surface area contributed by atoms with E-state index in [4.69, 9.17) is 4.74 Å². The predicted molar refractivity (Wildman–Crippen MR) is 68.8 cm³/mol. The van der Waals surface area contributed by atoms with Crippen LogP contribution in [-0.4, -0.2) is 38.3 Å². The molecule has 2 fully saturated rings. The van der Waals surface area contributed by atoms with Crippen molar-refractivity contribution in [3.8, 4) is 0 Å². The van der Waals surface area contributed by atoms with Crippen molar-refractivity contribution >= 4 is 11.6 Å². The first-order valence-electron chi connectivity index (χ1n) is 6.47. The molecule has 4 nitrogen and oxygen atoms in total. The Bertz CT molecular complexity index is 437. The molecule has 0 spiro atoms. The molecule has 1 aromatic carbocycles. The van der Waals surface area contributed by atoms with Crippen molar-refractivity contribution in [1.82, 2.24) is 5.32 Å². The topological polar surface area (TPSA) is 41.6 Å². The summed E-state index contributed by atoms with van der Waals surface area (Å²) < 4.78 is 5.33. The third kappa shape index (κ3) is 2.64. The highest BCUT2D eigenvalue weighted by Gasteiger charge is 2.24. The number of carbonyl (C=O) groups is 1. The van der Waals surface area contributed by atoms with Crippen LogP contribution in [0.1, 0.15) is 23.2 Å². The Balaban J connectivity index is 1.72. The summed E-state index contributed by atoms with van der Waals surface area (Å²) in [5.74, 6) is 0.0175. The fraction of sp³-hybridized carbons (Fsp3) is 0.500. The van der Waals surface area contributed by atoms with E-state index in [-0.39, 0.29) is 5.91 Å². The normalized spacial score (nSPS) is 19.7. The summed E-state index contributed by atoms with van der Waals surface area (Å²) in [6.07, 6.45) is 2.22. The molecule has 1 heterocycles. The quantitative estimate of drug-likeness (QED) is 0.870. The summed E-state index contributed by atoms with van der Waals surface area (Å²) in [5.41, 5.74) is 1.76. The van der Waals surface area contributed by atoms with Gasteiger partial charge in [-0.1, -0.05) is 0 Å². The van der Waals surface area contributed by atoms with Crippen LogP contribution in [0.3, 0.4) is 0 Å². The maximum atomic E-state index is 12.0. The lowest BCUT2D eigenvalue weighted by atomic mass is 10.1. The van der Waals surface area contributed by atoms with Crippen LogP contribution in [-0.2, 0) is 4.74 Å². The van der Waals surface area contributed by atoms with Crippen molar-refractivity contribution in [1.29, 1.82) is 0 Å². The van der Waals surface area contributed by atoms with Crippen LogP contribution in [0.2, 0.25) is 0 Å². The standard InChI is InChI=1S/C14H17N2O2/c17-14(15-12-4-5-12)11-2-1-3-13(10-11)16-6-8-18-9-7-16/h2-3,10,12H,4-9H2,(H,15,17). The van der Waals surface area contributed by atoms with E-state index < -0.39 is 0 Å². The smallest absolute Gasteiger partial charge is 0.251 e. The Hall–Kier alpha value is -1.55. The monoisotopic (exact) mass is 245 g/mol. The first-order valence-corrected chi connectivity index (χ1v) is 6.47. The van der Waals surface area contributed by atoms with Gasteiger partial charge in [0.1, 0.15) is 0 Å². The molecule has 0 unspecified atom stereocenters. The summed E-state index contributed by atoms with van der Waals surface area (Å²) in [4.78, 5) is 14.2.